The maximum Gasteiger partial charge on any atom is 0.408 e. The summed E-state index contributed by atoms with van der Waals surface area (Å²) in [6, 6.07) is 12.6. The molecule has 2 aromatic rings. The van der Waals surface area contributed by atoms with Gasteiger partial charge >= 0.3 is 11.9 Å². The van der Waals surface area contributed by atoms with Crippen LogP contribution in [0.25, 0.3) is 0 Å². The fraction of sp³-hybridized carbons (Fsp3) is 0.261. The second kappa shape index (κ2) is 9.80. The normalized spacial score (nSPS) is 12.6. The number of aliphatic imine (C=N–C) groups is 1. The highest BCUT2D eigenvalue weighted by molar-refractivity contribution is 6.70. The standard InChI is InChI=1S/C23H21NO7/c1-3-4-10-16-18(29-13-15-8-6-5-7-9-15)12-11-17-19(16)21(26)20(24-22(17)27)23(28)31-30-14(2)25/h5-9,11-12H,3-4,10,13H2,1-2H3. The molecule has 0 spiro atoms. The minimum atomic E-state index is -1.31. The number of hydrogen-bond acceptors (Lipinski definition) is 7. The number of ether oxygens (including phenoxy) is 1. The zero-order valence-electron chi connectivity index (χ0n) is 17.2. The van der Waals surface area contributed by atoms with Gasteiger partial charge < -0.3 is 4.74 Å². The van der Waals surface area contributed by atoms with Crippen LogP contribution >= 0.6 is 0 Å². The van der Waals surface area contributed by atoms with Crippen LogP contribution in [0.5, 0.6) is 5.75 Å². The lowest BCUT2D eigenvalue weighted by Crippen LogP contribution is -2.33. The van der Waals surface area contributed by atoms with E-state index in [4.69, 9.17) is 4.74 Å². The molecule has 0 radical (unpaired) electrons. The van der Waals surface area contributed by atoms with Crippen molar-refractivity contribution in [3.63, 3.8) is 0 Å². The van der Waals surface area contributed by atoms with Crippen molar-refractivity contribution >= 4 is 29.3 Å². The van der Waals surface area contributed by atoms with E-state index in [0.717, 1.165) is 25.3 Å². The van der Waals surface area contributed by atoms with Crippen LogP contribution < -0.4 is 4.74 Å². The number of nitrogens with zero attached hydrogens (tertiary/aromatic N) is 1. The van der Waals surface area contributed by atoms with E-state index in [0.29, 0.717) is 17.7 Å². The predicted octanol–water partition coefficient (Wildman–Crippen LogP) is 3.41. The molecule has 1 aliphatic rings. The molecule has 31 heavy (non-hydrogen) atoms. The van der Waals surface area contributed by atoms with Crippen LogP contribution in [0.15, 0.2) is 47.5 Å². The first kappa shape index (κ1) is 21.9. The van der Waals surface area contributed by atoms with Crippen molar-refractivity contribution in [3.05, 3.63) is 64.7 Å². The van der Waals surface area contributed by atoms with E-state index >= 15 is 0 Å². The molecule has 0 unspecified atom stereocenters. The van der Waals surface area contributed by atoms with Gasteiger partial charge in [-0.05, 0) is 30.5 Å². The van der Waals surface area contributed by atoms with Gasteiger partial charge in [0.05, 0.1) is 5.56 Å². The quantitative estimate of drug-likeness (QED) is 0.496. The highest BCUT2D eigenvalue weighted by atomic mass is 17.2. The molecule has 0 bridgehead atoms. The molecule has 0 aliphatic carbocycles. The van der Waals surface area contributed by atoms with Crippen LogP contribution in [0, 0.1) is 0 Å². The number of amides is 1. The molecule has 0 fully saturated rings. The maximum absolute atomic E-state index is 13.1. The van der Waals surface area contributed by atoms with E-state index in [2.05, 4.69) is 14.8 Å². The van der Waals surface area contributed by atoms with E-state index in [1.54, 1.807) is 6.07 Å². The summed E-state index contributed by atoms with van der Waals surface area (Å²) in [5.74, 6) is -3.27. The van der Waals surface area contributed by atoms with E-state index in [1.807, 2.05) is 37.3 Å². The SMILES string of the molecule is CCCCc1c(OCc2ccccc2)ccc2c1C(=O)C(C(=O)OOC(C)=O)=NC2=O. The van der Waals surface area contributed by atoms with Crippen molar-refractivity contribution in [1.29, 1.82) is 0 Å². The highest BCUT2D eigenvalue weighted by Crippen LogP contribution is 2.31. The number of benzene rings is 2. The van der Waals surface area contributed by atoms with Crippen LogP contribution in [-0.2, 0) is 32.4 Å². The first-order valence-electron chi connectivity index (χ1n) is 9.82. The van der Waals surface area contributed by atoms with Gasteiger partial charge in [-0.1, -0.05) is 43.7 Å². The third-order valence-electron chi connectivity index (χ3n) is 4.60. The minimum absolute atomic E-state index is 0.0637. The van der Waals surface area contributed by atoms with Gasteiger partial charge in [0.25, 0.3) is 5.91 Å². The smallest absolute Gasteiger partial charge is 0.408 e. The summed E-state index contributed by atoms with van der Waals surface area (Å²) in [6.07, 6.45) is 2.05. The second-order valence-electron chi connectivity index (χ2n) is 6.88. The van der Waals surface area contributed by atoms with E-state index < -0.39 is 29.3 Å². The lowest BCUT2D eigenvalue weighted by molar-refractivity contribution is -0.251. The Kier molecular flexibility index (Phi) is 6.92. The first-order valence-corrected chi connectivity index (χ1v) is 9.82. The molecule has 3 rings (SSSR count). The Hall–Kier alpha value is -3.81. The average molecular weight is 423 g/mol. The minimum Gasteiger partial charge on any atom is -0.489 e. The van der Waals surface area contributed by atoms with Crippen LogP contribution in [0.3, 0.4) is 0 Å². The number of Topliss-reactive ketones (excluding diaryl/α,β-unsaturated/α-hetero) is 1. The van der Waals surface area contributed by atoms with Crippen molar-refractivity contribution in [3.8, 4) is 5.75 Å². The van der Waals surface area contributed by atoms with E-state index in [9.17, 15) is 19.2 Å². The molecule has 8 nitrogen and oxygen atoms in total. The van der Waals surface area contributed by atoms with Crippen molar-refractivity contribution < 1.29 is 33.7 Å². The van der Waals surface area contributed by atoms with Gasteiger partial charge in [0.2, 0.25) is 11.5 Å². The zero-order valence-corrected chi connectivity index (χ0v) is 17.2. The lowest BCUT2D eigenvalue weighted by Gasteiger charge is -2.20. The summed E-state index contributed by atoms with van der Waals surface area (Å²) in [4.78, 5) is 60.6. The molecule has 0 saturated carbocycles. The number of carbonyl (C=O) groups excluding carboxylic acids is 4. The number of carbonyl (C=O) groups is 4. The summed E-state index contributed by atoms with van der Waals surface area (Å²) in [6.45, 7) is 3.30. The Bertz CT molecular complexity index is 1060. The predicted molar refractivity (Wildman–Crippen MR) is 110 cm³/mol. The van der Waals surface area contributed by atoms with Gasteiger partial charge in [-0.15, -0.1) is 0 Å². The van der Waals surface area contributed by atoms with Gasteiger partial charge in [0.1, 0.15) is 12.4 Å². The van der Waals surface area contributed by atoms with Crippen LogP contribution in [0.1, 0.15) is 58.5 Å². The summed E-state index contributed by atoms with van der Waals surface area (Å²) in [5, 5.41) is 0. The summed E-state index contributed by atoms with van der Waals surface area (Å²) in [5.41, 5.74) is 0.885. The molecule has 0 aromatic heterocycles. The maximum atomic E-state index is 13.1. The number of fused-ring (bicyclic) bond motifs is 1. The largest absolute Gasteiger partial charge is 0.489 e. The number of rotatable bonds is 7. The fourth-order valence-corrected chi connectivity index (χ4v) is 3.14. The van der Waals surface area contributed by atoms with Gasteiger partial charge in [0, 0.05) is 18.1 Å². The molecule has 1 heterocycles. The monoisotopic (exact) mass is 423 g/mol. The Morgan fingerprint density at radius 1 is 1.00 bits per heavy atom. The van der Waals surface area contributed by atoms with Crippen LogP contribution in [0.4, 0.5) is 0 Å². The van der Waals surface area contributed by atoms with Crippen LogP contribution in [0.2, 0.25) is 0 Å². The molecule has 1 aliphatic heterocycles. The second-order valence-corrected chi connectivity index (χ2v) is 6.88. The van der Waals surface area contributed by atoms with Crippen LogP contribution in [-0.4, -0.2) is 29.3 Å². The number of hydrogen-bond donors (Lipinski definition) is 0. The number of ketones is 1. The third-order valence-corrected chi connectivity index (χ3v) is 4.60. The van der Waals surface area contributed by atoms with Gasteiger partial charge in [-0.3, -0.25) is 9.59 Å². The Labute approximate surface area is 178 Å². The van der Waals surface area contributed by atoms with Crippen molar-refractivity contribution in [1.82, 2.24) is 0 Å². The third kappa shape index (κ3) is 5.03. The van der Waals surface area contributed by atoms with Gasteiger partial charge in [-0.25, -0.2) is 19.4 Å². The molecule has 8 heteroatoms. The van der Waals surface area contributed by atoms with Crippen molar-refractivity contribution in [2.45, 2.75) is 39.7 Å². The highest BCUT2D eigenvalue weighted by Gasteiger charge is 2.36. The molecule has 0 saturated heterocycles. The summed E-state index contributed by atoms with van der Waals surface area (Å²) in [7, 11) is 0. The fourth-order valence-electron chi connectivity index (χ4n) is 3.14. The molecule has 2 aromatic carbocycles. The number of unbranched alkanes of at least 4 members (excludes halogenated alkanes) is 1. The molecule has 0 atom stereocenters. The zero-order chi connectivity index (χ0) is 22.4. The van der Waals surface area contributed by atoms with Crippen molar-refractivity contribution in [2.75, 3.05) is 0 Å². The Morgan fingerprint density at radius 3 is 2.42 bits per heavy atom. The Morgan fingerprint density at radius 2 is 1.74 bits per heavy atom. The van der Waals surface area contributed by atoms with Gasteiger partial charge in [0.15, 0.2) is 0 Å². The van der Waals surface area contributed by atoms with Gasteiger partial charge in [-0.2, -0.15) is 4.99 Å². The van der Waals surface area contributed by atoms with Crippen molar-refractivity contribution in [2.24, 2.45) is 4.99 Å². The molecule has 0 N–H and O–H groups in total. The van der Waals surface area contributed by atoms with E-state index in [1.165, 1.54) is 6.07 Å². The summed E-state index contributed by atoms with van der Waals surface area (Å²) < 4.78 is 5.96. The first-order chi connectivity index (χ1) is 14.9. The lowest BCUT2D eigenvalue weighted by atomic mass is 9.89. The Balaban J connectivity index is 1.96. The van der Waals surface area contributed by atoms with E-state index in [-0.39, 0.29) is 17.7 Å². The summed E-state index contributed by atoms with van der Waals surface area (Å²) >= 11 is 0. The topological polar surface area (TPSA) is 108 Å². The molecular formula is C23H21NO7. The molecule has 160 valence electrons. The molecule has 1 amide bonds. The average Bonchev–Trinajstić information content (AvgIpc) is 2.77. The molecular weight excluding hydrogens is 402 g/mol.